The number of aryl methyl sites for hydroxylation is 2. The molecule has 0 aliphatic carbocycles. The van der Waals surface area contributed by atoms with Gasteiger partial charge in [0.15, 0.2) is 0 Å². The molecule has 3 rings (SSSR count). The van der Waals surface area contributed by atoms with E-state index in [0.29, 0.717) is 12.8 Å². The van der Waals surface area contributed by atoms with Crippen LogP contribution in [0.2, 0.25) is 0 Å². The van der Waals surface area contributed by atoms with Crippen LogP contribution in [-0.4, -0.2) is 10.7 Å². The fourth-order valence-electron chi connectivity index (χ4n) is 2.63. The van der Waals surface area contributed by atoms with Gasteiger partial charge >= 0.3 is 0 Å². The summed E-state index contributed by atoms with van der Waals surface area (Å²) >= 11 is 0. The van der Waals surface area contributed by atoms with Gasteiger partial charge in [-0.3, -0.25) is 0 Å². The fourth-order valence-corrected chi connectivity index (χ4v) is 2.63. The van der Waals surface area contributed by atoms with Crippen molar-refractivity contribution < 1.29 is 4.39 Å². The second-order valence-electron chi connectivity index (χ2n) is 4.33. The van der Waals surface area contributed by atoms with Crippen molar-refractivity contribution in [1.29, 1.82) is 0 Å². The minimum atomic E-state index is -0.652. The molecule has 0 N–H and O–H groups in total. The third kappa shape index (κ3) is 1.97. The number of hydrogen-bond donors (Lipinski definition) is 0. The molecule has 1 nitrogen and oxygen atoms in total. The van der Waals surface area contributed by atoms with E-state index in [1.165, 1.54) is 22.2 Å². The van der Waals surface area contributed by atoms with E-state index >= 15 is 0 Å². The van der Waals surface area contributed by atoms with E-state index in [4.69, 9.17) is 0 Å². The van der Waals surface area contributed by atoms with Gasteiger partial charge in [-0.1, -0.05) is 32.0 Å². The van der Waals surface area contributed by atoms with Crippen molar-refractivity contribution >= 4 is 10.9 Å². The second-order valence-corrected chi connectivity index (χ2v) is 4.33. The van der Waals surface area contributed by atoms with Crippen molar-refractivity contribution in [2.75, 3.05) is 0 Å². The highest BCUT2D eigenvalue weighted by molar-refractivity contribution is 5.85. The molecule has 1 unspecified atom stereocenters. The molecule has 2 heteroatoms. The Morgan fingerprint density at radius 1 is 1.24 bits per heavy atom. The predicted octanol–water partition coefficient (Wildman–Crippen LogP) is 4.26. The molecule has 1 aromatic carbocycles. The van der Waals surface area contributed by atoms with Crippen LogP contribution in [0, 0.1) is 6.92 Å². The Labute approximate surface area is 102 Å². The summed E-state index contributed by atoms with van der Waals surface area (Å²) in [6, 6.07) is 8.36. The zero-order chi connectivity index (χ0) is 12.4. The molecule has 0 amide bonds. The molecule has 2 aromatic rings. The molecule has 1 atom stereocenters. The van der Waals surface area contributed by atoms with Crippen molar-refractivity contribution in [1.82, 2.24) is 4.57 Å². The first-order valence-electron chi connectivity index (χ1n) is 6.48. The maximum Gasteiger partial charge on any atom is 0.107 e. The number of halogens is 1. The lowest BCUT2D eigenvalue weighted by Crippen LogP contribution is -2.19. The first-order chi connectivity index (χ1) is 8.27. The summed E-state index contributed by atoms with van der Waals surface area (Å²) in [5.41, 5.74) is 3.71. The van der Waals surface area contributed by atoms with E-state index < -0.39 is 6.17 Å². The first kappa shape index (κ1) is 12.2. The van der Waals surface area contributed by atoms with Crippen LogP contribution < -0.4 is 0 Å². The van der Waals surface area contributed by atoms with Crippen molar-refractivity contribution in [2.45, 2.75) is 46.3 Å². The van der Waals surface area contributed by atoms with Crippen LogP contribution in [0.25, 0.3) is 10.9 Å². The molecule has 1 aromatic heterocycles. The summed E-state index contributed by atoms with van der Waals surface area (Å²) in [5, 5.41) is 1.28. The van der Waals surface area contributed by atoms with Gasteiger partial charge in [-0.25, -0.2) is 4.39 Å². The molecular formula is C15H20FN. The zero-order valence-electron chi connectivity index (χ0n) is 10.8. The predicted molar refractivity (Wildman–Crippen MR) is 71.2 cm³/mol. The molecule has 0 bridgehead atoms. The Morgan fingerprint density at radius 3 is 2.71 bits per heavy atom. The van der Waals surface area contributed by atoms with Gasteiger partial charge < -0.3 is 4.57 Å². The Hall–Kier alpha value is -1.31. The highest BCUT2D eigenvalue weighted by Gasteiger charge is 2.22. The number of hydrogen-bond acceptors (Lipinski definition) is 0. The van der Waals surface area contributed by atoms with Crippen molar-refractivity contribution in [3.63, 3.8) is 0 Å². The van der Waals surface area contributed by atoms with Gasteiger partial charge in [0.25, 0.3) is 0 Å². The Bertz CT molecular complexity index is 513. The first-order valence-corrected chi connectivity index (χ1v) is 6.48. The van der Waals surface area contributed by atoms with Gasteiger partial charge in [0.2, 0.25) is 0 Å². The van der Waals surface area contributed by atoms with E-state index in [2.05, 4.69) is 29.7 Å². The lowest BCUT2D eigenvalue weighted by Gasteiger charge is -2.20. The van der Waals surface area contributed by atoms with Crippen LogP contribution in [0.1, 0.15) is 31.5 Å². The summed E-state index contributed by atoms with van der Waals surface area (Å²) in [6.45, 7) is 6.93. The molecule has 2 heterocycles. The SMILES string of the molecule is CC.Cc1c2n(c3ccccc13)CCC(F)C2. The number of aromatic nitrogens is 1. The van der Waals surface area contributed by atoms with E-state index in [-0.39, 0.29) is 0 Å². The van der Waals surface area contributed by atoms with Gasteiger partial charge in [0.1, 0.15) is 6.17 Å². The summed E-state index contributed by atoms with van der Waals surface area (Å²) in [7, 11) is 0. The van der Waals surface area contributed by atoms with E-state index in [9.17, 15) is 4.39 Å². The van der Waals surface area contributed by atoms with Crippen molar-refractivity contribution in [3.05, 3.63) is 35.5 Å². The Balaban J connectivity index is 0.000000514. The average molecular weight is 233 g/mol. The number of alkyl halides is 1. The Kier molecular flexibility index (Phi) is 3.51. The quantitative estimate of drug-likeness (QED) is 0.640. The molecule has 0 saturated heterocycles. The van der Waals surface area contributed by atoms with E-state index in [1.807, 2.05) is 19.9 Å². The topological polar surface area (TPSA) is 4.93 Å². The van der Waals surface area contributed by atoms with Crippen LogP contribution in [-0.2, 0) is 13.0 Å². The van der Waals surface area contributed by atoms with E-state index in [1.54, 1.807) is 0 Å². The molecule has 1 aliphatic rings. The maximum absolute atomic E-state index is 13.4. The number of para-hydroxylation sites is 1. The summed E-state index contributed by atoms with van der Waals surface area (Å²) < 4.78 is 15.6. The normalized spacial score (nSPS) is 18.5. The Morgan fingerprint density at radius 2 is 1.94 bits per heavy atom. The van der Waals surface area contributed by atoms with Crippen molar-refractivity contribution in [3.8, 4) is 0 Å². The molecule has 1 aliphatic heterocycles. The molecule has 0 spiro atoms. The largest absolute Gasteiger partial charge is 0.344 e. The lowest BCUT2D eigenvalue weighted by molar-refractivity contribution is 0.273. The highest BCUT2D eigenvalue weighted by atomic mass is 19.1. The highest BCUT2D eigenvalue weighted by Crippen LogP contribution is 2.30. The molecular weight excluding hydrogens is 213 g/mol. The van der Waals surface area contributed by atoms with E-state index in [0.717, 1.165) is 6.54 Å². The van der Waals surface area contributed by atoms with Crippen LogP contribution in [0.15, 0.2) is 24.3 Å². The monoisotopic (exact) mass is 233 g/mol. The van der Waals surface area contributed by atoms with Crippen LogP contribution in [0.4, 0.5) is 4.39 Å². The number of fused-ring (bicyclic) bond motifs is 3. The molecule has 17 heavy (non-hydrogen) atoms. The fraction of sp³-hybridized carbons (Fsp3) is 0.467. The van der Waals surface area contributed by atoms with Crippen molar-refractivity contribution in [2.24, 2.45) is 0 Å². The molecule has 0 saturated carbocycles. The third-order valence-corrected chi connectivity index (χ3v) is 3.44. The number of rotatable bonds is 0. The standard InChI is InChI=1S/C13H14FN.C2H6/c1-9-11-4-2-3-5-12(11)15-7-6-10(14)8-13(9)15;1-2/h2-5,10H,6-8H2,1H3;1-2H3. The minimum absolute atomic E-state index is 0.584. The summed E-state index contributed by atoms with van der Waals surface area (Å²) in [6.07, 6.45) is 0.589. The van der Waals surface area contributed by atoms with Gasteiger partial charge in [0.05, 0.1) is 0 Å². The lowest BCUT2D eigenvalue weighted by atomic mass is 10.1. The molecule has 92 valence electrons. The van der Waals surface area contributed by atoms with Crippen LogP contribution in [0.5, 0.6) is 0 Å². The number of nitrogens with zero attached hydrogens (tertiary/aromatic N) is 1. The van der Waals surface area contributed by atoms with Crippen LogP contribution >= 0.6 is 0 Å². The van der Waals surface area contributed by atoms with Gasteiger partial charge in [0, 0.05) is 29.6 Å². The second kappa shape index (κ2) is 4.91. The summed E-state index contributed by atoms with van der Waals surface area (Å²) in [5.74, 6) is 0. The van der Waals surface area contributed by atoms with Gasteiger partial charge in [-0.05, 0) is 25.0 Å². The molecule has 0 fully saturated rings. The zero-order valence-corrected chi connectivity index (χ0v) is 10.8. The third-order valence-electron chi connectivity index (χ3n) is 3.44. The summed E-state index contributed by atoms with van der Waals surface area (Å²) in [4.78, 5) is 0. The average Bonchev–Trinajstić information content (AvgIpc) is 2.66. The van der Waals surface area contributed by atoms with Crippen LogP contribution in [0.3, 0.4) is 0 Å². The molecule has 0 radical (unpaired) electrons. The van der Waals surface area contributed by atoms with Gasteiger partial charge in [-0.15, -0.1) is 0 Å². The number of benzene rings is 1. The maximum atomic E-state index is 13.4. The smallest absolute Gasteiger partial charge is 0.107 e. The van der Waals surface area contributed by atoms with Gasteiger partial charge in [-0.2, -0.15) is 0 Å². The minimum Gasteiger partial charge on any atom is -0.344 e.